The minimum atomic E-state index is -4.56. The lowest BCUT2D eigenvalue weighted by atomic mass is 10.3. The molecule has 0 fully saturated rings. The lowest BCUT2D eigenvalue weighted by Gasteiger charge is -2.11. The van der Waals surface area contributed by atoms with E-state index < -0.39 is 11.9 Å². The molecule has 18 heavy (non-hydrogen) atoms. The third kappa shape index (κ3) is 4.34. The highest BCUT2D eigenvalue weighted by Gasteiger charge is 2.33. The summed E-state index contributed by atoms with van der Waals surface area (Å²) in [6.45, 7) is 0.438. The topological polar surface area (TPSA) is 96.1 Å². The molecule has 1 aromatic heterocycles. The maximum atomic E-state index is 12.5. The van der Waals surface area contributed by atoms with E-state index in [1.54, 1.807) is 0 Å². The third-order valence-electron chi connectivity index (χ3n) is 2.04. The summed E-state index contributed by atoms with van der Waals surface area (Å²) < 4.78 is 37.5. The normalized spacial score (nSPS) is 11.4. The number of unbranched alkanes of at least 4 members (excludes halogenated alkanes) is 1. The average Bonchev–Trinajstić information content (AvgIpc) is 2.33. The minimum Gasteiger partial charge on any atom is -0.396 e. The number of aliphatic hydroxyl groups excluding tert-OH is 1. The van der Waals surface area contributed by atoms with Crippen molar-refractivity contribution >= 4 is 11.8 Å². The summed E-state index contributed by atoms with van der Waals surface area (Å²) in [5.74, 6) is 4.72. The molecule has 5 N–H and O–H groups in total. The van der Waals surface area contributed by atoms with Crippen LogP contribution in [0.25, 0.3) is 0 Å². The second kappa shape index (κ2) is 6.36. The van der Waals surface area contributed by atoms with Crippen molar-refractivity contribution in [1.82, 2.24) is 9.97 Å². The van der Waals surface area contributed by atoms with Gasteiger partial charge in [0.15, 0.2) is 5.69 Å². The number of nitrogen functional groups attached to an aromatic ring is 1. The zero-order valence-electron chi connectivity index (χ0n) is 9.46. The molecule has 0 saturated heterocycles. The molecule has 0 radical (unpaired) electrons. The molecule has 0 saturated carbocycles. The van der Waals surface area contributed by atoms with Crippen LogP contribution in [0.3, 0.4) is 0 Å². The van der Waals surface area contributed by atoms with Crippen LogP contribution in [0.5, 0.6) is 0 Å². The van der Waals surface area contributed by atoms with Crippen LogP contribution in [0.1, 0.15) is 18.5 Å². The van der Waals surface area contributed by atoms with Gasteiger partial charge in [0.05, 0.1) is 0 Å². The summed E-state index contributed by atoms with van der Waals surface area (Å²) in [5.41, 5.74) is 0.905. The lowest BCUT2D eigenvalue weighted by molar-refractivity contribution is -0.141. The predicted molar refractivity (Wildman–Crippen MR) is 59.7 cm³/mol. The highest BCUT2D eigenvalue weighted by atomic mass is 19.4. The van der Waals surface area contributed by atoms with Crippen LogP contribution in [0.2, 0.25) is 0 Å². The zero-order valence-corrected chi connectivity index (χ0v) is 9.46. The SMILES string of the molecule is NNc1nc(NCCCCO)cc(C(F)(F)F)n1. The summed E-state index contributed by atoms with van der Waals surface area (Å²) in [5, 5.41) is 11.3. The Morgan fingerprint density at radius 1 is 1.28 bits per heavy atom. The highest BCUT2D eigenvalue weighted by molar-refractivity contribution is 5.42. The first kappa shape index (κ1) is 14.5. The van der Waals surface area contributed by atoms with Crippen LogP contribution in [-0.4, -0.2) is 28.2 Å². The molecule has 1 aromatic rings. The largest absolute Gasteiger partial charge is 0.433 e. The van der Waals surface area contributed by atoms with Gasteiger partial charge in [-0.15, -0.1) is 0 Å². The van der Waals surface area contributed by atoms with E-state index >= 15 is 0 Å². The number of rotatable bonds is 6. The van der Waals surface area contributed by atoms with Crippen LogP contribution in [0.15, 0.2) is 6.07 Å². The van der Waals surface area contributed by atoms with Gasteiger partial charge in [0.2, 0.25) is 5.95 Å². The van der Waals surface area contributed by atoms with Crippen molar-refractivity contribution in [1.29, 1.82) is 0 Å². The van der Waals surface area contributed by atoms with E-state index in [9.17, 15) is 13.2 Å². The molecule has 0 aromatic carbocycles. The van der Waals surface area contributed by atoms with E-state index in [2.05, 4.69) is 15.3 Å². The number of hydrazine groups is 1. The van der Waals surface area contributed by atoms with Gasteiger partial charge in [0, 0.05) is 19.2 Å². The van der Waals surface area contributed by atoms with Gasteiger partial charge in [0.25, 0.3) is 0 Å². The Bertz CT molecular complexity index is 385. The van der Waals surface area contributed by atoms with Crippen LogP contribution in [0, 0.1) is 0 Å². The molecular weight excluding hydrogens is 251 g/mol. The molecule has 9 heteroatoms. The molecule has 0 aliphatic rings. The predicted octanol–water partition coefficient (Wildman–Crippen LogP) is 0.965. The third-order valence-corrected chi connectivity index (χ3v) is 2.04. The first-order valence-electron chi connectivity index (χ1n) is 5.25. The molecule has 0 amide bonds. The van der Waals surface area contributed by atoms with E-state index in [1.807, 2.05) is 5.43 Å². The number of halogens is 3. The fraction of sp³-hybridized carbons (Fsp3) is 0.556. The molecular formula is C9H14F3N5O. The van der Waals surface area contributed by atoms with Crippen molar-refractivity contribution in [2.45, 2.75) is 19.0 Å². The Morgan fingerprint density at radius 3 is 2.56 bits per heavy atom. The summed E-state index contributed by atoms with van der Waals surface area (Å²) in [7, 11) is 0. The molecule has 0 aliphatic carbocycles. The van der Waals surface area contributed by atoms with Crippen molar-refractivity contribution in [3.63, 3.8) is 0 Å². The molecule has 1 heterocycles. The molecule has 0 aliphatic heterocycles. The Morgan fingerprint density at radius 2 is 2.00 bits per heavy atom. The van der Waals surface area contributed by atoms with Crippen molar-refractivity contribution in [3.8, 4) is 0 Å². The maximum absolute atomic E-state index is 12.5. The number of aromatic nitrogens is 2. The maximum Gasteiger partial charge on any atom is 0.433 e. The second-order valence-electron chi connectivity index (χ2n) is 3.46. The lowest BCUT2D eigenvalue weighted by Crippen LogP contribution is -2.17. The summed E-state index contributed by atoms with van der Waals surface area (Å²) in [6.07, 6.45) is -3.38. The molecule has 102 valence electrons. The van der Waals surface area contributed by atoms with Gasteiger partial charge in [-0.2, -0.15) is 18.2 Å². The molecule has 6 nitrogen and oxygen atoms in total. The van der Waals surface area contributed by atoms with Gasteiger partial charge in [-0.25, -0.2) is 10.8 Å². The average molecular weight is 265 g/mol. The quantitative estimate of drug-likeness (QED) is 0.348. The van der Waals surface area contributed by atoms with E-state index in [4.69, 9.17) is 10.9 Å². The first-order chi connectivity index (χ1) is 8.47. The van der Waals surface area contributed by atoms with E-state index in [0.717, 1.165) is 6.07 Å². The summed E-state index contributed by atoms with van der Waals surface area (Å²) in [6, 6.07) is 0.805. The molecule has 1 rings (SSSR count). The molecule has 0 spiro atoms. The number of hydrogen-bond donors (Lipinski definition) is 4. The Hall–Kier alpha value is -1.61. The smallest absolute Gasteiger partial charge is 0.396 e. The van der Waals surface area contributed by atoms with E-state index in [0.29, 0.717) is 19.4 Å². The number of nitrogens with one attached hydrogen (secondary N) is 2. The van der Waals surface area contributed by atoms with Crippen LogP contribution in [0.4, 0.5) is 24.9 Å². The van der Waals surface area contributed by atoms with Crippen molar-refractivity contribution in [3.05, 3.63) is 11.8 Å². The number of alkyl halides is 3. The molecule has 0 bridgehead atoms. The monoisotopic (exact) mass is 265 g/mol. The summed E-state index contributed by atoms with van der Waals surface area (Å²) in [4.78, 5) is 6.96. The van der Waals surface area contributed by atoms with E-state index in [-0.39, 0.29) is 18.4 Å². The second-order valence-corrected chi connectivity index (χ2v) is 3.46. The summed E-state index contributed by atoms with van der Waals surface area (Å²) >= 11 is 0. The van der Waals surface area contributed by atoms with Gasteiger partial charge >= 0.3 is 6.18 Å². The molecule has 0 unspecified atom stereocenters. The first-order valence-corrected chi connectivity index (χ1v) is 5.25. The minimum absolute atomic E-state index is 0.0308. The van der Waals surface area contributed by atoms with Gasteiger partial charge in [0.1, 0.15) is 5.82 Å². The fourth-order valence-electron chi connectivity index (χ4n) is 1.20. The van der Waals surface area contributed by atoms with Crippen molar-refractivity contribution in [2.24, 2.45) is 5.84 Å². The molecule has 0 atom stereocenters. The number of nitrogens with two attached hydrogens (primary N) is 1. The Kier molecular flexibility index (Phi) is 5.10. The fourth-order valence-corrected chi connectivity index (χ4v) is 1.20. The van der Waals surface area contributed by atoms with Crippen molar-refractivity contribution < 1.29 is 18.3 Å². The van der Waals surface area contributed by atoms with Gasteiger partial charge in [-0.1, -0.05) is 0 Å². The standard InChI is InChI=1S/C9H14F3N5O/c10-9(11,12)6-5-7(14-3-1-2-4-18)16-8(15-6)17-13/h5,18H,1-4,13H2,(H2,14,15,16,17). The highest BCUT2D eigenvalue weighted by Crippen LogP contribution is 2.29. The van der Waals surface area contributed by atoms with Crippen LogP contribution < -0.4 is 16.6 Å². The van der Waals surface area contributed by atoms with Gasteiger partial charge in [-0.3, -0.25) is 5.43 Å². The van der Waals surface area contributed by atoms with Crippen molar-refractivity contribution in [2.75, 3.05) is 23.9 Å². The van der Waals surface area contributed by atoms with Crippen LogP contribution in [-0.2, 0) is 6.18 Å². The van der Waals surface area contributed by atoms with Crippen LogP contribution >= 0.6 is 0 Å². The zero-order chi connectivity index (χ0) is 13.6. The van der Waals surface area contributed by atoms with E-state index in [1.165, 1.54) is 0 Å². The Labute approximate surface area is 101 Å². The number of aliphatic hydroxyl groups is 1. The number of hydrogen-bond acceptors (Lipinski definition) is 6. The van der Waals surface area contributed by atoms with Gasteiger partial charge in [-0.05, 0) is 12.8 Å². The van der Waals surface area contributed by atoms with Gasteiger partial charge < -0.3 is 10.4 Å². The number of nitrogens with zero attached hydrogens (tertiary/aromatic N) is 2. The Balaban J connectivity index is 2.78. The number of anilines is 2.